The van der Waals surface area contributed by atoms with Crippen LogP contribution in [0.2, 0.25) is 0 Å². The van der Waals surface area contributed by atoms with E-state index in [0.29, 0.717) is 5.25 Å². The molecule has 14 heavy (non-hydrogen) atoms. The lowest BCUT2D eigenvalue weighted by molar-refractivity contribution is -0.117. The first-order chi connectivity index (χ1) is 6.61. The highest BCUT2D eigenvalue weighted by atomic mass is 32.2. The summed E-state index contributed by atoms with van der Waals surface area (Å²) in [6.07, 6.45) is 2.44. The molecule has 82 valence electrons. The van der Waals surface area contributed by atoms with Gasteiger partial charge in [0.25, 0.3) is 0 Å². The monoisotopic (exact) mass is 216 g/mol. The minimum atomic E-state index is -0.198. The van der Waals surface area contributed by atoms with E-state index in [0.717, 1.165) is 19.0 Å². The van der Waals surface area contributed by atoms with Gasteiger partial charge in [-0.2, -0.15) is 0 Å². The second-order valence-electron chi connectivity index (χ2n) is 3.97. The van der Waals surface area contributed by atoms with Crippen LogP contribution >= 0.6 is 11.8 Å². The van der Waals surface area contributed by atoms with Crippen LogP contribution in [0.15, 0.2) is 0 Å². The fraction of sp³-hybridized carbons (Fsp3) is 0.900. The predicted octanol–water partition coefficient (Wildman–Crippen LogP) is 0.981. The quantitative estimate of drug-likeness (QED) is 0.736. The highest BCUT2D eigenvalue weighted by molar-refractivity contribution is 8.01. The summed E-state index contributed by atoms with van der Waals surface area (Å²) in [5, 5.41) is 3.83. The van der Waals surface area contributed by atoms with Gasteiger partial charge in [-0.05, 0) is 38.8 Å². The van der Waals surface area contributed by atoms with Crippen LogP contribution in [0, 0.1) is 5.92 Å². The van der Waals surface area contributed by atoms with Gasteiger partial charge >= 0.3 is 0 Å². The topological polar surface area (TPSA) is 55.1 Å². The minimum absolute atomic E-state index is 0.0557. The highest BCUT2D eigenvalue weighted by Gasteiger charge is 2.23. The Morgan fingerprint density at radius 2 is 2.00 bits per heavy atom. The normalized spacial score (nSPS) is 23.0. The van der Waals surface area contributed by atoms with Crippen molar-refractivity contribution in [3.63, 3.8) is 0 Å². The average molecular weight is 216 g/mol. The summed E-state index contributed by atoms with van der Waals surface area (Å²) in [6, 6.07) is 0. The van der Waals surface area contributed by atoms with E-state index in [9.17, 15) is 4.79 Å². The van der Waals surface area contributed by atoms with Crippen LogP contribution in [0.5, 0.6) is 0 Å². The number of piperidine rings is 1. The Morgan fingerprint density at radius 3 is 2.50 bits per heavy atom. The summed E-state index contributed by atoms with van der Waals surface area (Å²) in [5.74, 6) is 0.541. The van der Waals surface area contributed by atoms with Gasteiger partial charge in [0, 0.05) is 5.25 Å². The third kappa shape index (κ3) is 3.50. The van der Waals surface area contributed by atoms with Crippen molar-refractivity contribution in [3.8, 4) is 0 Å². The van der Waals surface area contributed by atoms with E-state index in [1.165, 1.54) is 12.8 Å². The number of rotatable bonds is 4. The second kappa shape index (κ2) is 5.61. The standard InChI is InChI=1S/C10H20N2OS/c1-7(14-8(2)10(11)13)9-3-5-12-6-4-9/h7-9,12H,3-6H2,1-2H3,(H2,11,13). The van der Waals surface area contributed by atoms with Crippen LogP contribution in [0.3, 0.4) is 0 Å². The molecule has 1 aliphatic rings. The number of hydrogen-bond donors (Lipinski definition) is 2. The number of carbonyl (C=O) groups is 1. The first-order valence-corrected chi connectivity index (χ1v) is 6.21. The van der Waals surface area contributed by atoms with Crippen LogP contribution in [-0.4, -0.2) is 29.5 Å². The molecule has 0 bridgehead atoms. The van der Waals surface area contributed by atoms with Gasteiger partial charge in [-0.15, -0.1) is 11.8 Å². The van der Waals surface area contributed by atoms with Crippen molar-refractivity contribution >= 4 is 17.7 Å². The van der Waals surface area contributed by atoms with E-state index in [1.807, 2.05) is 6.92 Å². The maximum Gasteiger partial charge on any atom is 0.230 e. The molecule has 1 rings (SSSR count). The van der Waals surface area contributed by atoms with Gasteiger partial charge in [0.2, 0.25) is 5.91 Å². The maximum absolute atomic E-state index is 10.9. The van der Waals surface area contributed by atoms with Gasteiger partial charge in [-0.25, -0.2) is 0 Å². The minimum Gasteiger partial charge on any atom is -0.369 e. The van der Waals surface area contributed by atoms with Crippen LogP contribution in [0.25, 0.3) is 0 Å². The molecule has 1 amide bonds. The smallest absolute Gasteiger partial charge is 0.230 e. The molecule has 1 heterocycles. The summed E-state index contributed by atoms with van der Waals surface area (Å²) >= 11 is 1.71. The lowest BCUT2D eigenvalue weighted by Crippen LogP contribution is -2.33. The average Bonchev–Trinajstić information content (AvgIpc) is 2.19. The van der Waals surface area contributed by atoms with E-state index < -0.39 is 0 Å². The molecular weight excluding hydrogens is 196 g/mol. The van der Waals surface area contributed by atoms with Crippen molar-refractivity contribution in [1.29, 1.82) is 0 Å². The molecule has 1 saturated heterocycles. The molecule has 0 aromatic heterocycles. The summed E-state index contributed by atoms with van der Waals surface area (Å²) < 4.78 is 0. The third-order valence-electron chi connectivity index (χ3n) is 2.87. The molecule has 0 saturated carbocycles. The van der Waals surface area contributed by atoms with E-state index in [-0.39, 0.29) is 11.2 Å². The molecule has 3 N–H and O–H groups in total. The van der Waals surface area contributed by atoms with Gasteiger partial charge in [0.05, 0.1) is 5.25 Å². The Bertz CT molecular complexity index is 193. The lowest BCUT2D eigenvalue weighted by atomic mass is 9.95. The van der Waals surface area contributed by atoms with E-state index >= 15 is 0 Å². The lowest BCUT2D eigenvalue weighted by Gasteiger charge is -2.28. The van der Waals surface area contributed by atoms with E-state index in [1.54, 1.807) is 11.8 Å². The number of hydrogen-bond acceptors (Lipinski definition) is 3. The van der Waals surface area contributed by atoms with Gasteiger partial charge in [-0.3, -0.25) is 4.79 Å². The van der Waals surface area contributed by atoms with Gasteiger partial charge in [0.1, 0.15) is 0 Å². The number of thioether (sulfide) groups is 1. The summed E-state index contributed by atoms with van der Waals surface area (Å²) in [6.45, 7) is 6.33. The zero-order valence-electron chi connectivity index (χ0n) is 8.95. The van der Waals surface area contributed by atoms with Crippen molar-refractivity contribution in [3.05, 3.63) is 0 Å². The molecule has 0 spiro atoms. The first kappa shape index (κ1) is 11.9. The number of primary amides is 1. The molecule has 2 atom stereocenters. The predicted molar refractivity (Wildman–Crippen MR) is 61.3 cm³/mol. The van der Waals surface area contributed by atoms with Crippen molar-refractivity contribution in [2.75, 3.05) is 13.1 Å². The van der Waals surface area contributed by atoms with Crippen LogP contribution in [0.1, 0.15) is 26.7 Å². The highest BCUT2D eigenvalue weighted by Crippen LogP contribution is 2.28. The Hall–Kier alpha value is -0.220. The summed E-state index contributed by atoms with van der Waals surface area (Å²) in [4.78, 5) is 10.9. The molecule has 0 radical (unpaired) electrons. The molecule has 0 aliphatic carbocycles. The third-order valence-corrected chi connectivity index (χ3v) is 4.32. The Kier molecular flexibility index (Phi) is 4.75. The zero-order chi connectivity index (χ0) is 10.6. The van der Waals surface area contributed by atoms with Gasteiger partial charge in [0.15, 0.2) is 0 Å². The fourth-order valence-corrected chi connectivity index (χ4v) is 3.09. The van der Waals surface area contributed by atoms with Gasteiger partial charge in [-0.1, -0.05) is 6.92 Å². The van der Waals surface area contributed by atoms with Crippen molar-refractivity contribution in [1.82, 2.24) is 5.32 Å². The molecule has 0 aromatic rings. The van der Waals surface area contributed by atoms with Crippen molar-refractivity contribution in [2.24, 2.45) is 11.7 Å². The Balaban J connectivity index is 2.32. The molecule has 3 nitrogen and oxygen atoms in total. The Labute approximate surface area is 90.2 Å². The first-order valence-electron chi connectivity index (χ1n) is 5.26. The Morgan fingerprint density at radius 1 is 1.43 bits per heavy atom. The largest absolute Gasteiger partial charge is 0.369 e. The maximum atomic E-state index is 10.9. The molecule has 4 heteroatoms. The summed E-state index contributed by atoms with van der Waals surface area (Å²) in [5.41, 5.74) is 5.24. The van der Waals surface area contributed by atoms with Crippen LogP contribution in [0.4, 0.5) is 0 Å². The molecular formula is C10H20N2OS. The number of nitrogens with two attached hydrogens (primary N) is 1. The fourth-order valence-electron chi connectivity index (χ4n) is 1.81. The number of amides is 1. The number of carbonyl (C=O) groups excluding carboxylic acids is 1. The number of nitrogens with one attached hydrogen (secondary N) is 1. The molecule has 1 aliphatic heterocycles. The zero-order valence-corrected chi connectivity index (χ0v) is 9.77. The SMILES string of the molecule is CC(SC(C)C1CCNCC1)C(N)=O. The molecule has 0 aromatic carbocycles. The molecule has 2 unspecified atom stereocenters. The van der Waals surface area contributed by atoms with E-state index in [4.69, 9.17) is 5.73 Å². The van der Waals surface area contributed by atoms with Crippen molar-refractivity contribution in [2.45, 2.75) is 37.2 Å². The van der Waals surface area contributed by atoms with Crippen LogP contribution < -0.4 is 11.1 Å². The second-order valence-corrected chi connectivity index (χ2v) is 5.70. The van der Waals surface area contributed by atoms with Crippen molar-refractivity contribution < 1.29 is 4.79 Å². The van der Waals surface area contributed by atoms with Crippen LogP contribution in [-0.2, 0) is 4.79 Å². The van der Waals surface area contributed by atoms with E-state index in [2.05, 4.69) is 12.2 Å². The van der Waals surface area contributed by atoms with Gasteiger partial charge < -0.3 is 11.1 Å². The molecule has 1 fully saturated rings. The summed E-state index contributed by atoms with van der Waals surface area (Å²) in [7, 11) is 0.